The van der Waals surface area contributed by atoms with Crippen molar-refractivity contribution in [2.75, 3.05) is 9.80 Å². The summed E-state index contributed by atoms with van der Waals surface area (Å²) in [6.45, 7) is 0. The summed E-state index contributed by atoms with van der Waals surface area (Å²) in [6, 6.07) is 126. The van der Waals surface area contributed by atoms with E-state index in [0.29, 0.717) is 22.3 Å². The van der Waals surface area contributed by atoms with Crippen LogP contribution in [0.3, 0.4) is 0 Å². The minimum atomic E-state index is -3.02. The Balaban J connectivity index is 0.000000155. The zero-order valence-electron chi connectivity index (χ0n) is 57.5. The third-order valence-electron chi connectivity index (χ3n) is 20.6. The average molecular weight is 1640 g/mol. The van der Waals surface area contributed by atoms with Gasteiger partial charge in [0, 0.05) is 82.2 Å². The molecule has 2 unspecified atom stereocenters. The Hall–Kier alpha value is -11.1. The number of thiophene rings is 2. The van der Waals surface area contributed by atoms with Gasteiger partial charge in [-0.1, -0.05) is 241 Å². The van der Waals surface area contributed by atoms with Gasteiger partial charge in [-0.3, -0.25) is 0 Å². The van der Waals surface area contributed by atoms with Crippen molar-refractivity contribution in [3.05, 3.63) is 399 Å². The van der Waals surface area contributed by atoms with Crippen LogP contribution in [-0.2, 0) is 40.8 Å². The van der Waals surface area contributed by atoms with Crippen LogP contribution < -0.4 is 51.3 Å². The Morgan fingerprint density at radius 1 is 0.315 bits per heavy atom. The fraction of sp³-hybridized carbons (Fsp3) is 0.0213. The number of halogens is 2. The van der Waals surface area contributed by atoms with E-state index in [4.69, 9.17) is 9.97 Å². The average Bonchev–Trinajstić information content (AvgIpc) is 1.18. The molecule has 8 heterocycles. The van der Waals surface area contributed by atoms with Crippen molar-refractivity contribution in [3.8, 4) is 22.5 Å². The molecule has 6 aromatic heterocycles. The fourth-order valence-electron chi connectivity index (χ4n) is 16.1. The van der Waals surface area contributed by atoms with Gasteiger partial charge in [0.25, 0.3) is 0 Å². The number of aromatic nitrogens is 4. The molecule has 0 amide bonds. The summed E-state index contributed by atoms with van der Waals surface area (Å²) in [7, 11) is -6.02. The first-order chi connectivity index (χ1) is 52.4. The first-order valence-electron chi connectivity index (χ1n) is 35.3. The Morgan fingerprint density at radius 2 is 0.704 bits per heavy atom. The van der Waals surface area contributed by atoms with Gasteiger partial charge >= 0.3 is 40.8 Å². The summed E-state index contributed by atoms with van der Waals surface area (Å²) in [5.41, 5.74) is 8.26. The molecule has 108 heavy (non-hydrogen) atoms. The molecule has 0 saturated carbocycles. The zero-order chi connectivity index (χ0) is 70.7. The standard InChI is InChI=1S/2C47H30FN3SSi.2Pd/c48-44(33-16-13-15-32(29-33)40-24-11-12-28-49-40)34-17-14-18-35(30-34)51-41-25-8-10-27-43(41)53(36-19-3-1-4-20-36,37-21-5-2-6-22-37)46-45-39(31-50-47(46)51)38-23-7-9-26-42(38)52-45;48-45(33-16-13-15-32(29-33)39-24-11-12-28-49-39)34-17-14-18-35(30-34)51-40-25-8-10-27-43(40)53(36-19-3-1-4-20-36,37-21-5-2-6-22-37)46-44-38-23-7-9-26-41(38)52-42(44)31-50-47(46)51;;/h1-28,31,44H;1-28,31,45H;;/q2*-2;2*+2. The molecule has 12 aromatic carbocycles. The maximum Gasteiger partial charge on any atom is 2.00 e. The summed E-state index contributed by atoms with van der Waals surface area (Å²) in [6.07, 6.45) is 4.64. The SMILES string of the molecule is FC(c1[c-]c(-c2ccccn2)ccc1)c1[c-]c(N2c3ccccc3[Si](c3ccccc3)(c3ccccc3)c3c2ncc2c3sc3ccccc32)ccc1.FC(c1[c-]c(-c2ccccn2)ccc1)c1[c-]c(N2c3ccccc3[Si](c3ccccc3)(c3ccccc3)c3c2ncc2sc4ccccc4c32)ccc1.[Pd+2].[Pd+2]. The van der Waals surface area contributed by atoms with E-state index in [-0.39, 0.29) is 40.8 Å². The molecule has 0 saturated heterocycles. The molecule has 2 aliphatic rings. The van der Waals surface area contributed by atoms with Crippen molar-refractivity contribution in [2.45, 2.75) is 12.3 Å². The van der Waals surface area contributed by atoms with Crippen LogP contribution in [0, 0.1) is 24.3 Å². The molecule has 0 bridgehead atoms. The smallest absolute Gasteiger partial charge is 0.319 e. The van der Waals surface area contributed by atoms with E-state index in [1.807, 2.05) is 121 Å². The number of alkyl halides is 2. The Labute approximate surface area is 662 Å². The van der Waals surface area contributed by atoms with Gasteiger partial charge in [0.2, 0.25) is 0 Å². The van der Waals surface area contributed by atoms with Crippen molar-refractivity contribution in [3.63, 3.8) is 0 Å². The third kappa shape index (κ3) is 11.7. The van der Waals surface area contributed by atoms with E-state index in [0.717, 1.165) is 67.0 Å². The van der Waals surface area contributed by atoms with Crippen LogP contribution in [0.15, 0.2) is 352 Å². The van der Waals surface area contributed by atoms with Gasteiger partial charge in [-0.2, -0.15) is 36.4 Å². The quantitative estimate of drug-likeness (QED) is 0.0897. The maximum atomic E-state index is 16.7. The first-order valence-corrected chi connectivity index (χ1v) is 40.9. The summed E-state index contributed by atoms with van der Waals surface area (Å²) in [5, 5.41) is 14.9. The van der Waals surface area contributed by atoms with Crippen molar-refractivity contribution in [1.29, 1.82) is 0 Å². The van der Waals surface area contributed by atoms with Crippen molar-refractivity contribution in [2.24, 2.45) is 0 Å². The maximum absolute atomic E-state index is 16.7. The molecule has 0 aliphatic carbocycles. The predicted octanol–water partition coefficient (Wildman–Crippen LogP) is 18.7. The molecule has 0 radical (unpaired) electrons. The van der Waals surface area contributed by atoms with E-state index in [2.05, 4.69) is 262 Å². The normalized spacial score (nSPS) is 13.5. The molecule has 0 N–H and O–H groups in total. The number of hydrogen-bond donors (Lipinski definition) is 0. The van der Waals surface area contributed by atoms with Gasteiger partial charge < -0.3 is 19.8 Å². The second kappa shape index (κ2) is 29.6. The second-order valence-corrected chi connectivity index (χ2v) is 36.0. The van der Waals surface area contributed by atoms with E-state index in [1.165, 1.54) is 71.8 Å². The molecule has 14 heteroatoms. The van der Waals surface area contributed by atoms with Crippen LogP contribution >= 0.6 is 22.7 Å². The number of fused-ring (bicyclic) bond motifs is 12. The number of anilines is 6. The van der Waals surface area contributed by atoms with E-state index in [9.17, 15) is 0 Å². The van der Waals surface area contributed by atoms with Gasteiger partial charge in [0.15, 0.2) is 16.1 Å². The molecule has 520 valence electrons. The minimum Gasteiger partial charge on any atom is -0.319 e. The molecule has 2 atom stereocenters. The van der Waals surface area contributed by atoms with Crippen LogP contribution in [-0.4, -0.2) is 36.1 Å². The molecular formula is C94H60F2N6Pd2S2Si2. The van der Waals surface area contributed by atoms with Gasteiger partial charge in [0.05, 0.1) is 4.70 Å². The number of benzene rings is 12. The Bertz CT molecular complexity index is 6240. The zero-order valence-corrected chi connectivity index (χ0v) is 64.3. The molecule has 20 rings (SSSR count). The summed E-state index contributed by atoms with van der Waals surface area (Å²) >= 11 is 3.62. The minimum absolute atomic E-state index is 0. The first kappa shape index (κ1) is 69.9. The van der Waals surface area contributed by atoms with E-state index in [1.54, 1.807) is 35.9 Å². The number of rotatable bonds is 12. The topological polar surface area (TPSA) is 58.0 Å². The van der Waals surface area contributed by atoms with Crippen LogP contribution in [0.4, 0.5) is 43.2 Å². The summed E-state index contributed by atoms with van der Waals surface area (Å²) in [4.78, 5) is 24.1. The van der Waals surface area contributed by atoms with Gasteiger partial charge in [0.1, 0.15) is 24.0 Å². The van der Waals surface area contributed by atoms with Gasteiger partial charge in [-0.05, 0) is 78.9 Å². The second-order valence-electron chi connectivity index (χ2n) is 26.4. The number of hydrogen-bond acceptors (Lipinski definition) is 8. The van der Waals surface area contributed by atoms with Crippen LogP contribution in [0.1, 0.15) is 34.6 Å². The van der Waals surface area contributed by atoms with E-state index >= 15 is 8.78 Å². The number of pyridine rings is 4. The van der Waals surface area contributed by atoms with Crippen molar-refractivity contribution < 1.29 is 49.6 Å². The molecule has 6 nitrogen and oxygen atoms in total. The molecule has 0 fully saturated rings. The van der Waals surface area contributed by atoms with Crippen molar-refractivity contribution >= 4 is 155 Å². The number of nitrogens with zero attached hydrogens (tertiary/aromatic N) is 6. The molecule has 0 spiro atoms. The molecular weight excluding hydrogens is 1580 g/mol. The summed E-state index contributed by atoms with van der Waals surface area (Å²) < 4.78 is 38.2. The monoisotopic (exact) mass is 1640 g/mol. The van der Waals surface area contributed by atoms with Crippen LogP contribution in [0.5, 0.6) is 0 Å². The predicted molar refractivity (Wildman–Crippen MR) is 439 cm³/mol. The molecule has 2 aliphatic heterocycles. The largest absolute Gasteiger partial charge is 2.00 e. The Morgan fingerprint density at radius 3 is 1.19 bits per heavy atom. The molecule has 18 aromatic rings. The summed E-state index contributed by atoms with van der Waals surface area (Å²) in [5.74, 6) is 1.71. The Kier molecular flexibility index (Phi) is 19.1. The number of para-hydroxylation sites is 2. The van der Waals surface area contributed by atoms with Crippen LogP contribution in [0.25, 0.3) is 62.9 Å². The van der Waals surface area contributed by atoms with E-state index < -0.39 is 28.5 Å². The van der Waals surface area contributed by atoms with Gasteiger partial charge in [-0.15, -0.1) is 106 Å². The van der Waals surface area contributed by atoms with Crippen LogP contribution in [0.2, 0.25) is 0 Å². The van der Waals surface area contributed by atoms with Crippen molar-refractivity contribution in [1.82, 2.24) is 19.9 Å². The fourth-order valence-corrected chi connectivity index (χ4v) is 29.4. The third-order valence-corrected chi connectivity index (χ3v) is 32.8. The van der Waals surface area contributed by atoms with Gasteiger partial charge in [-0.25, -0.2) is 18.7 Å².